The van der Waals surface area contributed by atoms with E-state index in [0.717, 1.165) is 27.8 Å². The zero-order chi connectivity index (χ0) is 13.7. The largest absolute Gasteiger partial charge is 0.345 e. The zero-order valence-corrected chi connectivity index (χ0v) is 10.9. The van der Waals surface area contributed by atoms with Crippen LogP contribution in [-0.2, 0) is 0 Å². The maximum atomic E-state index is 11.7. The Morgan fingerprint density at radius 2 is 2.20 bits per heavy atom. The summed E-state index contributed by atoms with van der Waals surface area (Å²) in [6, 6.07) is 7.89. The number of fused-ring (bicyclic) bond motifs is 2. The molecule has 5 heteroatoms. The Morgan fingerprint density at radius 1 is 1.30 bits per heavy atom. The number of aromatic nitrogens is 3. The van der Waals surface area contributed by atoms with E-state index >= 15 is 0 Å². The molecule has 0 aliphatic carbocycles. The van der Waals surface area contributed by atoms with Gasteiger partial charge in [-0.2, -0.15) is 0 Å². The summed E-state index contributed by atoms with van der Waals surface area (Å²) in [5.41, 5.74) is 3.65. The summed E-state index contributed by atoms with van der Waals surface area (Å²) in [5.74, 6) is -0.00117. The van der Waals surface area contributed by atoms with Crippen LogP contribution in [0.5, 0.6) is 0 Å². The fourth-order valence-corrected chi connectivity index (χ4v) is 2.70. The second-order valence-electron chi connectivity index (χ2n) is 4.95. The average molecular weight is 264 g/mol. The van der Waals surface area contributed by atoms with E-state index < -0.39 is 0 Å². The third-order valence-electron chi connectivity index (χ3n) is 3.72. The summed E-state index contributed by atoms with van der Waals surface area (Å²) in [6.07, 6.45) is 5.30. The summed E-state index contributed by atoms with van der Waals surface area (Å²) < 4.78 is 2.01. The molecule has 2 aromatic heterocycles. The van der Waals surface area contributed by atoms with Gasteiger partial charge in [0.1, 0.15) is 12.0 Å². The predicted molar refractivity (Wildman–Crippen MR) is 74.7 cm³/mol. The van der Waals surface area contributed by atoms with Crippen LogP contribution in [-0.4, -0.2) is 20.4 Å². The lowest BCUT2D eigenvalue weighted by Crippen LogP contribution is -2.16. The van der Waals surface area contributed by atoms with Gasteiger partial charge in [-0.1, -0.05) is 0 Å². The SMILES string of the molecule is CC1NC(=O)c2ccc(-n3ccc4cncnc43)cc21. The van der Waals surface area contributed by atoms with Crippen LogP contribution in [0.2, 0.25) is 0 Å². The minimum absolute atomic E-state index is 0.00117. The fourth-order valence-electron chi connectivity index (χ4n) is 2.70. The Bertz CT molecular complexity index is 837. The van der Waals surface area contributed by atoms with E-state index in [9.17, 15) is 4.79 Å². The first-order chi connectivity index (χ1) is 9.74. The molecular weight excluding hydrogens is 252 g/mol. The molecular formula is C15H12N4O. The molecule has 1 aliphatic rings. The van der Waals surface area contributed by atoms with Gasteiger partial charge >= 0.3 is 0 Å². The van der Waals surface area contributed by atoms with Crippen LogP contribution < -0.4 is 5.32 Å². The van der Waals surface area contributed by atoms with E-state index in [-0.39, 0.29) is 11.9 Å². The van der Waals surface area contributed by atoms with Crippen molar-refractivity contribution in [2.75, 3.05) is 0 Å². The average Bonchev–Trinajstić information content (AvgIpc) is 3.01. The molecule has 3 heterocycles. The van der Waals surface area contributed by atoms with E-state index in [4.69, 9.17) is 0 Å². The monoisotopic (exact) mass is 264 g/mol. The lowest BCUT2D eigenvalue weighted by Gasteiger charge is -2.08. The molecule has 5 nitrogen and oxygen atoms in total. The number of carbonyl (C=O) groups excluding carboxylic acids is 1. The lowest BCUT2D eigenvalue weighted by atomic mass is 10.0. The number of benzene rings is 1. The van der Waals surface area contributed by atoms with Crippen molar-refractivity contribution < 1.29 is 4.79 Å². The molecule has 0 radical (unpaired) electrons. The molecule has 0 saturated heterocycles. The molecule has 1 aromatic carbocycles. The molecule has 0 fully saturated rings. The maximum absolute atomic E-state index is 11.7. The summed E-state index contributed by atoms with van der Waals surface area (Å²) >= 11 is 0. The van der Waals surface area contributed by atoms with Crippen LogP contribution in [0.25, 0.3) is 16.7 Å². The summed E-state index contributed by atoms with van der Waals surface area (Å²) in [5, 5.41) is 3.91. The van der Waals surface area contributed by atoms with Gasteiger partial charge in [-0.25, -0.2) is 9.97 Å². The van der Waals surface area contributed by atoms with E-state index in [1.54, 1.807) is 12.5 Å². The molecule has 20 heavy (non-hydrogen) atoms. The first-order valence-electron chi connectivity index (χ1n) is 6.46. The number of amides is 1. The molecule has 1 aliphatic heterocycles. The quantitative estimate of drug-likeness (QED) is 0.733. The topological polar surface area (TPSA) is 59.8 Å². The first kappa shape index (κ1) is 11.2. The number of nitrogens with zero attached hydrogens (tertiary/aromatic N) is 3. The smallest absolute Gasteiger partial charge is 0.252 e. The molecule has 0 bridgehead atoms. The molecule has 1 atom stereocenters. The highest BCUT2D eigenvalue weighted by Gasteiger charge is 2.25. The third-order valence-corrected chi connectivity index (χ3v) is 3.72. The van der Waals surface area contributed by atoms with Crippen molar-refractivity contribution in [3.63, 3.8) is 0 Å². The number of hydrogen-bond acceptors (Lipinski definition) is 3. The standard InChI is InChI=1S/C15H12N4O/c1-9-13-6-11(2-3-12(13)15(20)18-9)19-5-4-10-7-16-8-17-14(10)19/h2-9H,1H3,(H,18,20). The van der Waals surface area contributed by atoms with Gasteiger partial charge in [0.05, 0.1) is 6.04 Å². The Morgan fingerprint density at radius 3 is 3.10 bits per heavy atom. The zero-order valence-electron chi connectivity index (χ0n) is 10.9. The Balaban J connectivity index is 1.92. The minimum Gasteiger partial charge on any atom is -0.345 e. The Labute approximate surface area is 115 Å². The van der Waals surface area contributed by atoms with Gasteiger partial charge in [0.2, 0.25) is 0 Å². The van der Waals surface area contributed by atoms with Crippen molar-refractivity contribution >= 4 is 16.9 Å². The molecule has 98 valence electrons. The van der Waals surface area contributed by atoms with Gasteiger partial charge in [0.25, 0.3) is 5.91 Å². The van der Waals surface area contributed by atoms with Gasteiger partial charge in [-0.3, -0.25) is 4.79 Å². The second-order valence-corrected chi connectivity index (χ2v) is 4.95. The van der Waals surface area contributed by atoms with Crippen molar-refractivity contribution in [3.05, 3.63) is 54.1 Å². The van der Waals surface area contributed by atoms with E-state index in [1.807, 2.05) is 42.0 Å². The van der Waals surface area contributed by atoms with Crippen LogP contribution in [0, 0.1) is 0 Å². The fraction of sp³-hybridized carbons (Fsp3) is 0.133. The number of carbonyl (C=O) groups is 1. The summed E-state index contributed by atoms with van der Waals surface area (Å²) in [7, 11) is 0. The van der Waals surface area contributed by atoms with Crippen LogP contribution in [0.4, 0.5) is 0 Å². The van der Waals surface area contributed by atoms with Crippen molar-refractivity contribution in [1.29, 1.82) is 0 Å². The maximum Gasteiger partial charge on any atom is 0.252 e. The molecule has 1 amide bonds. The van der Waals surface area contributed by atoms with Gasteiger partial charge < -0.3 is 9.88 Å². The van der Waals surface area contributed by atoms with E-state index in [0.29, 0.717) is 0 Å². The highest BCUT2D eigenvalue weighted by Crippen LogP contribution is 2.28. The van der Waals surface area contributed by atoms with Crippen molar-refractivity contribution in [2.24, 2.45) is 0 Å². The summed E-state index contributed by atoms with van der Waals surface area (Å²) in [4.78, 5) is 20.1. The third kappa shape index (κ3) is 1.46. The molecule has 1 unspecified atom stereocenters. The van der Waals surface area contributed by atoms with Crippen molar-refractivity contribution in [3.8, 4) is 5.69 Å². The Kier molecular flexibility index (Phi) is 2.18. The molecule has 0 saturated carbocycles. The van der Waals surface area contributed by atoms with Crippen molar-refractivity contribution in [2.45, 2.75) is 13.0 Å². The molecule has 4 rings (SSSR count). The second kappa shape index (κ2) is 3.90. The molecule has 0 spiro atoms. The highest BCUT2D eigenvalue weighted by atomic mass is 16.2. The number of nitrogens with one attached hydrogen (secondary N) is 1. The van der Waals surface area contributed by atoms with Gasteiger partial charge in [-0.15, -0.1) is 0 Å². The molecule has 3 aromatic rings. The lowest BCUT2D eigenvalue weighted by molar-refractivity contribution is 0.0958. The van der Waals surface area contributed by atoms with Crippen LogP contribution in [0.3, 0.4) is 0 Å². The van der Waals surface area contributed by atoms with Gasteiger partial charge in [0.15, 0.2) is 0 Å². The van der Waals surface area contributed by atoms with Gasteiger partial charge in [0, 0.05) is 29.0 Å². The van der Waals surface area contributed by atoms with Crippen molar-refractivity contribution in [1.82, 2.24) is 19.9 Å². The number of hydrogen-bond donors (Lipinski definition) is 1. The first-order valence-corrected chi connectivity index (χ1v) is 6.46. The Hall–Kier alpha value is -2.69. The predicted octanol–water partition coefficient (Wildman–Crippen LogP) is 2.22. The highest BCUT2D eigenvalue weighted by molar-refractivity contribution is 5.99. The van der Waals surface area contributed by atoms with Crippen LogP contribution >= 0.6 is 0 Å². The summed E-state index contributed by atoms with van der Waals surface area (Å²) in [6.45, 7) is 1.99. The van der Waals surface area contributed by atoms with Gasteiger partial charge in [-0.05, 0) is 36.8 Å². The number of rotatable bonds is 1. The normalized spacial score (nSPS) is 17.2. The van der Waals surface area contributed by atoms with Crippen LogP contribution in [0.15, 0.2) is 43.0 Å². The molecule has 1 N–H and O–H groups in total. The van der Waals surface area contributed by atoms with E-state index in [2.05, 4.69) is 15.3 Å². The van der Waals surface area contributed by atoms with E-state index in [1.165, 1.54) is 0 Å². The minimum atomic E-state index is -0.00117. The van der Waals surface area contributed by atoms with Crippen LogP contribution in [0.1, 0.15) is 28.9 Å².